The molecule has 7 heteroatoms. The number of nitrogens with zero attached hydrogens (tertiary/aromatic N) is 1. The van der Waals surface area contributed by atoms with Crippen molar-refractivity contribution in [3.05, 3.63) is 24.0 Å². The van der Waals surface area contributed by atoms with Gasteiger partial charge in [-0.1, -0.05) is 12.8 Å². The van der Waals surface area contributed by atoms with E-state index >= 15 is 0 Å². The third-order valence-corrected chi connectivity index (χ3v) is 3.55. The predicted molar refractivity (Wildman–Crippen MR) is 68.2 cm³/mol. The Hall–Kier alpha value is -1.50. The van der Waals surface area contributed by atoms with E-state index in [0.717, 1.165) is 30.3 Å². The largest absolute Gasteiger partial charge is 0.406 e. The van der Waals surface area contributed by atoms with E-state index in [1.165, 1.54) is 18.3 Å². The molecule has 1 amide bonds. The maximum Gasteiger partial charge on any atom is 0.406 e. The van der Waals surface area contributed by atoms with Crippen LogP contribution in [0.1, 0.15) is 36.2 Å². The molecule has 0 bridgehead atoms. The fourth-order valence-corrected chi connectivity index (χ4v) is 2.53. The summed E-state index contributed by atoms with van der Waals surface area (Å²) in [5.41, 5.74) is 5.93. The second-order valence-electron chi connectivity index (χ2n) is 5.16. The van der Waals surface area contributed by atoms with Crippen molar-refractivity contribution in [3.63, 3.8) is 0 Å². The van der Waals surface area contributed by atoms with Gasteiger partial charge in [-0.25, -0.2) is 0 Å². The van der Waals surface area contributed by atoms with Gasteiger partial charge in [-0.2, -0.15) is 13.2 Å². The van der Waals surface area contributed by atoms with E-state index in [4.69, 9.17) is 5.73 Å². The molecular weight excluding hydrogens is 271 g/mol. The van der Waals surface area contributed by atoms with E-state index in [1.54, 1.807) is 0 Å². The van der Waals surface area contributed by atoms with Crippen molar-refractivity contribution in [2.24, 2.45) is 5.73 Å². The number of hydrogen-bond donors (Lipinski definition) is 2. The molecule has 1 aromatic heterocycles. The second kappa shape index (κ2) is 5.87. The molecular formula is C13H18F3N3O. The van der Waals surface area contributed by atoms with Gasteiger partial charge in [0.25, 0.3) is 5.91 Å². The lowest BCUT2D eigenvalue weighted by molar-refractivity contribution is -0.140. The molecule has 1 heterocycles. The highest BCUT2D eigenvalue weighted by atomic mass is 19.4. The zero-order valence-electron chi connectivity index (χ0n) is 11.0. The Bertz CT molecular complexity index is 470. The topological polar surface area (TPSA) is 60.0 Å². The first kappa shape index (κ1) is 14.9. The highest BCUT2D eigenvalue weighted by Crippen LogP contribution is 2.20. The molecule has 1 aliphatic carbocycles. The Kier molecular flexibility index (Phi) is 4.37. The number of aromatic nitrogens is 1. The molecule has 2 atom stereocenters. The molecule has 1 aromatic rings. The van der Waals surface area contributed by atoms with E-state index in [-0.39, 0.29) is 17.8 Å². The predicted octanol–water partition coefficient (Wildman–Crippen LogP) is 2.05. The van der Waals surface area contributed by atoms with Crippen LogP contribution >= 0.6 is 0 Å². The van der Waals surface area contributed by atoms with Crippen molar-refractivity contribution in [3.8, 4) is 0 Å². The smallest absolute Gasteiger partial charge is 0.346 e. The lowest BCUT2D eigenvalue weighted by Crippen LogP contribution is -2.49. The number of carbonyl (C=O) groups excluding carboxylic acids is 1. The lowest BCUT2D eigenvalue weighted by Gasteiger charge is -2.29. The maximum absolute atomic E-state index is 12.4. The van der Waals surface area contributed by atoms with Gasteiger partial charge >= 0.3 is 6.18 Å². The van der Waals surface area contributed by atoms with Crippen LogP contribution in [0.2, 0.25) is 0 Å². The number of halogens is 3. The number of rotatable bonds is 3. The lowest BCUT2D eigenvalue weighted by atomic mass is 9.91. The van der Waals surface area contributed by atoms with Gasteiger partial charge in [0.15, 0.2) is 0 Å². The van der Waals surface area contributed by atoms with Gasteiger partial charge in [0, 0.05) is 18.3 Å². The minimum absolute atomic E-state index is 0.0140. The summed E-state index contributed by atoms with van der Waals surface area (Å²) in [5.74, 6) is -0.499. The molecule has 20 heavy (non-hydrogen) atoms. The van der Waals surface area contributed by atoms with Crippen LogP contribution in [0.4, 0.5) is 13.2 Å². The number of nitrogens with two attached hydrogens (primary N) is 1. The molecule has 1 fully saturated rings. The standard InChI is InChI=1S/C13H18F3N3O/c14-13(15,16)8-19-7-3-6-11(19)12(20)18-10-5-2-1-4-9(10)17/h3,6-7,9-10H,1-2,4-5,8,17H2,(H,18,20)/t9-,10-/m1/s1. The van der Waals surface area contributed by atoms with E-state index in [0.29, 0.717) is 0 Å². The van der Waals surface area contributed by atoms with Crippen molar-refractivity contribution in [2.45, 2.75) is 50.5 Å². The third kappa shape index (κ3) is 3.75. The monoisotopic (exact) mass is 289 g/mol. The maximum atomic E-state index is 12.4. The summed E-state index contributed by atoms with van der Waals surface area (Å²) in [7, 11) is 0. The molecule has 0 aromatic carbocycles. The molecule has 4 nitrogen and oxygen atoms in total. The van der Waals surface area contributed by atoms with Crippen LogP contribution in [0.15, 0.2) is 18.3 Å². The number of nitrogens with one attached hydrogen (secondary N) is 1. The van der Waals surface area contributed by atoms with Crippen LogP contribution in [0.3, 0.4) is 0 Å². The quantitative estimate of drug-likeness (QED) is 0.894. The Morgan fingerprint density at radius 1 is 1.40 bits per heavy atom. The summed E-state index contributed by atoms with van der Waals surface area (Å²) in [4.78, 5) is 12.1. The fourth-order valence-electron chi connectivity index (χ4n) is 2.53. The van der Waals surface area contributed by atoms with Gasteiger partial charge in [-0.15, -0.1) is 0 Å². The van der Waals surface area contributed by atoms with E-state index in [2.05, 4.69) is 5.32 Å². The van der Waals surface area contributed by atoms with Crippen molar-refractivity contribution in [1.29, 1.82) is 0 Å². The van der Waals surface area contributed by atoms with Gasteiger partial charge in [0.05, 0.1) is 0 Å². The van der Waals surface area contributed by atoms with Crippen LogP contribution in [0.5, 0.6) is 0 Å². The summed E-state index contributed by atoms with van der Waals surface area (Å²) >= 11 is 0. The zero-order valence-corrected chi connectivity index (χ0v) is 11.0. The van der Waals surface area contributed by atoms with Gasteiger partial charge < -0.3 is 15.6 Å². The highest BCUT2D eigenvalue weighted by Gasteiger charge is 2.30. The molecule has 0 unspecified atom stereocenters. The van der Waals surface area contributed by atoms with Crippen LogP contribution in [0, 0.1) is 0 Å². The second-order valence-corrected chi connectivity index (χ2v) is 5.16. The first-order valence-electron chi connectivity index (χ1n) is 6.65. The van der Waals surface area contributed by atoms with Gasteiger partial charge in [0.2, 0.25) is 0 Å². The number of alkyl halides is 3. The van der Waals surface area contributed by atoms with Crippen LogP contribution in [-0.2, 0) is 6.54 Å². The summed E-state index contributed by atoms with van der Waals surface area (Å²) < 4.78 is 38.1. The molecule has 0 saturated heterocycles. The normalized spacial score (nSPS) is 23.6. The molecule has 0 aliphatic heterocycles. The molecule has 1 aliphatic rings. The van der Waals surface area contributed by atoms with E-state index in [1.807, 2.05) is 0 Å². The minimum Gasteiger partial charge on any atom is -0.346 e. The molecule has 0 radical (unpaired) electrons. The van der Waals surface area contributed by atoms with Crippen molar-refractivity contribution in [2.75, 3.05) is 0 Å². The number of carbonyl (C=O) groups is 1. The Morgan fingerprint density at radius 3 is 2.75 bits per heavy atom. The summed E-state index contributed by atoms with van der Waals surface area (Å²) in [6.07, 6.45) is 0.500. The molecule has 0 spiro atoms. The van der Waals surface area contributed by atoms with Crippen LogP contribution in [0.25, 0.3) is 0 Å². The van der Waals surface area contributed by atoms with Gasteiger partial charge in [-0.05, 0) is 25.0 Å². The van der Waals surface area contributed by atoms with Crippen molar-refractivity contribution >= 4 is 5.91 Å². The average molecular weight is 289 g/mol. The number of hydrogen-bond acceptors (Lipinski definition) is 2. The molecule has 3 N–H and O–H groups in total. The number of amides is 1. The van der Waals surface area contributed by atoms with Crippen LogP contribution < -0.4 is 11.1 Å². The summed E-state index contributed by atoms with van der Waals surface area (Å²) in [5, 5.41) is 2.75. The van der Waals surface area contributed by atoms with E-state index < -0.39 is 18.6 Å². The molecule has 112 valence electrons. The summed E-state index contributed by atoms with van der Waals surface area (Å²) in [6.45, 7) is -1.17. The first-order chi connectivity index (χ1) is 9.37. The van der Waals surface area contributed by atoms with Crippen molar-refractivity contribution < 1.29 is 18.0 Å². The molecule has 1 saturated carbocycles. The van der Waals surface area contributed by atoms with E-state index in [9.17, 15) is 18.0 Å². The van der Waals surface area contributed by atoms with Gasteiger partial charge in [0.1, 0.15) is 12.2 Å². The highest BCUT2D eigenvalue weighted by molar-refractivity contribution is 5.93. The molecule has 2 rings (SSSR count). The summed E-state index contributed by atoms with van der Waals surface area (Å²) in [6, 6.07) is 2.53. The third-order valence-electron chi connectivity index (χ3n) is 3.55. The minimum atomic E-state index is -4.35. The van der Waals surface area contributed by atoms with Crippen molar-refractivity contribution in [1.82, 2.24) is 9.88 Å². The Balaban J connectivity index is 2.04. The van der Waals surface area contributed by atoms with Crippen LogP contribution in [-0.4, -0.2) is 28.7 Å². The van der Waals surface area contributed by atoms with Gasteiger partial charge in [-0.3, -0.25) is 4.79 Å². The zero-order chi connectivity index (χ0) is 14.8. The SMILES string of the molecule is N[C@@H]1CCCC[C@H]1NC(=O)c1cccn1CC(F)(F)F. The first-order valence-corrected chi connectivity index (χ1v) is 6.65. The fraction of sp³-hybridized carbons (Fsp3) is 0.615. The Labute approximate surface area is 115 Å². The average Bonchev–Trinajstić information content (AvgIpc) is 2.77. The Morgan fingerprint density at radius 2 is 2.10 bits per heavy atom.